The minimum absolute atomic E-state index is 0.0423. The van der Waals surface area contributed by atoms with Crippen LogP contribution in [0.5, 0.6) is 5.75 Å². The van der Waals surface area contributed by atoms with Crippen LogP contribution in [-0.2, 0) is 11.2 Å². The molecule has 2 aromatic carbocycles. The minimum Gasteiger partial charge on any atom is -0.481 e. The Bertz CT molecular complexity index is 976. The van der Waals surface area contributed by atoms with Gasteiger partial charge in [-0.25, -0.2) is 8.78 Å². The van der Waals surface area contributed by atoms with E-state index in [1.54, 1.807) is 30.1 Å². The fourth-order valence-electron chi connectivity index (χ4n) is 2.73. The molecule has 0 saturated carbocycles. The van der Waals surface area contributed by atoms with Crippen molar-refractivity contribution in [2.45, 2.75) is 12.8 Å². The Labute approximate surface area is 175 Å². The Hall–Kier alpha value is -2.74. The summed E-state index contributed by atoms with van der Waals surface area (Å²) in [7, 11) is 1.68. The van der Waals surface area contributed by atoms with Crippen LogP contribution in [0.25, 0.3) is 11.3 Å². The van der Waals surface area contributed by atoms with Gasteiger partial charge in [0.25, 0.3) is 5.91 Å². The first-order chi connectivity index (χ1) is 13.9. The normalized spacial score (nSPS) is 10.8. The van der Waals surface area contributed by atoms with Gasteiger partial charge in [0.05, 0.1) is 5.69 Å². The molecule has 1 aromatic heterocycles. The predicted octanol–water partition coefficient (Wildman–Crippen LogP) is 4.59. The van der Waals surface area contributed by atoms with Gasteiger partial charge in [-0.05, 0) is 61.4 Å². The number of aromatic nitrogens is 2. The number of nitrogens with zero attached hydrogens (tertiary/aromatic N) is 2. The maximum absolute atomic E-state index is 13.7. The standard InChI is InChI=1S/C21H20BrF2N3O2/c1-27(21(28)13-29-20-9-6-15(22)11-18(20)24)10-2-3-17-12-19(26-25-17)14-4-7-16(23)8-5-14/h4-9,11-12H,2-3,10,13H2,1H3,(H,25,26). The van der Waals surface area contributed by atoms with Crippen LogP contribution in [-0.4, -0.2) is 41.2 Å². The predicted molar refractivity (Wildman–Crippen MR) is 110 cm³/mol. The lowest BCUT2D eigenvalue weighted by molar-refractivity contribution is -0.132. The van der Waals surface area contributed by atoms with Crippen molar-refractivity contribution in [1.29, 1.82) is 0 Å². The lowest BCUT2D eigenvalue weighted by Gasteiger charge is -2.17. The Morgan fingerprint density at radius 1 is 1.17 bits per heavy atom. The highest BCUT2D eigenvalue weighted by Gasteiger charge is 2.12. The Morgan fingerprint density at radius 3 is 2.66 bits per heavy atom. The number of ether oxygens (including phenoxy) is 1. The van der Waals surface area contributed by atoms with Crippen LogP contribution < -0.4 is 4.74 Å². The van der Waals surface area contributed by atoms with E-state index in [1.165, 1.54) is 24.3 Å². The molecule has 0 atom stereocenters. The zero-order chi connectivity index (χ0) is 20.8. The molecule has 1 heterocycles. The molecular weight excluding hydrogens is 444 g/mol. The zero-order valence-corrected chi connectivity index (χ0v) is 17.4. The second-order valence-corrected chi connectivity index (χ2v) is 7.48. The van der Waals surface area contributed by atoms with Crippen LogP contribution in [0, 0.1) is 11.6 Å². The zero-order valence-electron chi connectivity index (χ0n) is 15.8. The largest absolute Gasteiger partial charge is 0.481 e. The fourth-order valence-corrected chi connectivity index (χ4v) is 3.06. The molecule has 3 rings (SSSR count). The first-order valence-corrected chi connectivity index (χ1v) is 9.83. The van der Waals surface area contributed by atoms with Crippen LogP contribution >= 0.6 is 15.9 Å². The van der Waals surface area contributed by atoms with Gasteiger partial charge in [0.2, 0.25) is 0 Å². The summed E-state index contributed by atoms with van der Waals surface area (Å²) in [6, 6.07) is 12.5. The molecule has 0 bridgehead atoms. The van der Waals surface area contributed by atoms with Gasteiger partial charge < -0.3 is 9.64 Å². The SMILES string of the molecule is CN(CCCc1cc(-c2ccc(F)cc2)n[nH]1)C(=O)COc1ccc(Br)cc1F. The number of aromatic amines is 1. The molecule has 1 N–H and O–H groups in total. The van der Waals surface area contributed by atoms with Crippen LogP contribution in [0.15, 0.2) is 53.0 Å². The third-order valence-corrected chi connectivity index (χ3v) is 4.87. The number of hydrogen-bond acceptors (Lipinski definition) is 3. The molecule has 3 aromatic rings. The highest BCUT2D eigenvalue weighted by Crippen LogP contribution is 2.21. The van der Waals surface area contributed by atoms with Gasteiger partial charge in [0, 0.05) is 29.3 Å². The third kappa shape index (κ3) is 5.87. The van der Waals surface area contributed by atoms with Crippen molar-refractivity contribution in [3.63, 3.8) is 0 Å². The number of rotatable bonds is 8. The molecule has 0 aliphatic carbocycles. The minimum atomic E-state index is -0.522. The van der Waals surface area contributed by atoms with Crippen molar-refractivity contribution in [3.05, 3.63) is 70.3 Å². The van der Waals surface area contributed by atoms with Gasteiger partial charge in [0.15, 0.2) is 18.2 Å². The number of carbonyl (C=O) groups excluding carboxylic acids is 1. The van der Waals surface area contributed by atoms with E-state index in [0.717, 1.165) is 23.4 Å². The van der Waals surface area contributed by atoms with Crippen molar-refractivity contribution < 1.29 is 18.3 Å². The second-order valence-electron chi connectivity index (χ2n) is 6.57. The summed E-state index contributed by atoms with van der Waals surface area (Å²) in [4.78, 5) is 13.7. The Balaban J connectivity index is 1.44. The summed E-state index contributed by atoms with van der Waals surface area (Å²) in [6.07, 6.45) is 1.42. The van der Waals surface area contributed by atoms with E-state index in [-0.39, 0.29) is 24.1 Å². The molecule has 0 unspecified atom stereocenters. The van der Waals surface area contributed by atoms with Crippen molar-refractivity contribution >= 4 is 21.8 Å². The van der Waals surface area contributed by atoms with E-state index in [1.807, 2.05) is 6.07 Å². The van der Waals surface area contributed by atoms with E-state index in [2.05, 4.69) is 26.1 Å². The van der Waals surface area contributed by atoms with Crippen molar-refractivity contribution in [1.82, 2.24) is 15.1 Å². The average molecular weight is 464 g/mol. The molecule has 0 fully saturated rings. The fraction of sp³-hybridized carbons (Fsp3) is 0.238. The summed E-state index contributed by atoms with van der Waals surface area (Å²) < 4.78 is 32.6. The van der Waals surface area contributed by atoms with Gasteiger partial charge >= 0.3 is 0 Å². The van der Waals surface area contributed by atoms with Gasteiger partial charge in [-0.2, -0.15) is 5.10 Å². The van der Waals surface area contributed by atoms with Crippen LogP contribution in [0.4, 0.5) is 8.78 Å². The topological polar surface area (TPSA) is 58.2 Å². The first-order valence-electron chi connectivity index (χ1n) is 9.04. The van der Waals surface area contributed by atoms with E-state index < -0.39 is 5.82 Å². The van der Waals surface area contributed by atoms with E-state index in [0.29, 0.717) is 17.4 Å². The van der Waals surface area contributed by atoms with E-state index in [4.69, 9.17) is 4.74 Å². The summed E-state index contributed by atoms with van der Waals surface area (Å²) in [5.41, 5.74) is 2.51. The Morgan fingerprint density at radius 2 is 1.93 bits per heavy atom. The molecular formula is C21H20BrF2N3O2. The van der Waals surface area contributed by atoms with Gasteiger partial charge in [0.1, 0.15) is 5.82 Å². The smallest absolute Gasteiger partial charge is 0.260 e. The van der Waals surface area contributed by atoms with E-state index >= 15 is 0 Å². The molecule has 8 heteroatoms. The molecule has 152 valence electrons. The van der Waals surface area contributed by atoms with Crippen LogP contribution in [0.1, 0.15) is 12.1 Å². The van der Waals surface area contributed by atoms with Crippen molar-refractivity contribution in [2.75, 3.05) is 20.2 Å². The molecule has 0 radical (unpaired) electrons. The highest BCUT2D eigenvalue weighted by atomic mass is 79.9. The van der Waals surface area contributed by atoms with Crippen LogP contribution in [0.3, 0.4) is 0 Å². The van der Waals surface area contributed by atoms with Gasteiger partial charge in [-0.15, -0.1) is 0 Å². The maximum Gasteiger partial charge on any atom is 0.260 e. The number of aryl methyl sites for hydroxylation is 1. The summed E-state index contributed by atoms with van der Waals surface area (Å²) in [5, 5.41) is 7.20. The summed E-state index contributed by atoms with van der Waals surface area (Å²) in [5.74, 6) is -1.00. The quantitative estimate of drug-likeness (QED) is 0.531. The highest BCUT2D eigenvalue weighted by molar-refractivity contribution is 9.10. The number of benzene rings is 2. The lowest BCUT2D eigenvalue weighted by atomic mass is 10.1. The van der Waals surface area contributed by atoms with Crippen LogP contribution in [0.2, 0.25) is 0 Å². The van der Waals surface area contributed by atoms with Crippen molar-refractivity contribution in [3.8, 4) is 17.0 Å². The summed E-state index contributed by atoms with van der Waals surface area (Å²) in [6.45, 7) is 0.295. The molecule has 5 nitrogen and oxygen atoms in total. The molecule has 0 saturated heterocycles. The lowest BCUT2D eigenvalue weighted by Crippen LogP contribution is -2.32. The Kier molecular flexibility index (Phi) is 6.98. The number of halogens is 3. The van der Waals surface area contributed by atoms with Gasteiger partial charge in [-0.1, -0.05) is 15.9 Å². The monoisotopic (exact) mass is 463 g/mol. The number of likely N-dealkylation sites (N-methyl/N-ethyl adjacent to an activating group) is 1. The second kappa shape index (κ2) is 9.65. The van der Waals surface area contributed by atoms with Gasteiger partial charge in [-0.3, -0.25) is 9.89 Å². The molecule has 0 aliphatic rings. The average Bonchev–Trinajstić information content (AvgIpc) is 3.16. The van der Waals surface area contributed by atoms with E-state index in [9.17, 15) is 13.6 Å². The first kappa shape index (κ1) is 21.0. The third-order valence-electron chi connectivity index (χ3n) is 4.38. The number of H-pyrrole nitrogens is 1. The number of nitrogens with one attached hydrogen (secondary N) is 1. The molecule has 0 spiro atoms. The molecule has 0 aliphatic heterocycles. The summed E-state index contributed by atoms with van der Waals surface area (Å²) >= 11 is 3.17. The van der Waals surface area contributed by atoms with Crippen molar-refractivity contribution in [2.24, 2.45) is 0 Å². The maximum atomic E-state index is 13.7. The number of hydrogen-bond donors (Lipinski definition) is 1. The molecule has 29 heavy (non-hydrogen) atoms. The number of carbonyl (C=O) groups is 1. The number of amides is 1. The molecule has 1 amide bonds.